The van der Waals surface area contributed by atoms with Crippen molar-refractivity contribution >= 4 is 5.82 Å². The van der Waals surface area contributed by atoms with E-state index in [1.807, 2.05) is 6.07 Å². The Hall–Kier alpha value is -2.55. The highest BCUT2D eigenvalue weighted by Gasteiger charge is 2.17. The van der Waals surface area contributed by atoms with E-state index in [2.05, 4.69) is 66.9 Å². The Kier molecular flexibility index (Phi) is 4.99. The quantitative estimate of drug-likeness (QED) is 0.716. The molecule has 0 atom stereocenters. The van der Waals surface area contributed by atoms with Gasteiger partial charge < -0.3 is 10.3 Å². The molecule has 1 aromatic heterocycles. The van der Waals surface area contributed by atoms with Gasteiger partial charge in [-0.25, -0.2) is 4.98 Å². The fraction of sp³-hybridized carbons (Fsp3) is 0.286. The van der Waals surface area contributed by atoms with E-state index in [4.69, 9.17) is 10.7 Å². The summed E-state index contributed by atoms with van der Waals surface area (Å²) in [6, 6.07) is 18.9. The van der Waals surface area contributed by atoms with Crippen molar-refractivity contribution in [2.24, 2.45) is 0 Å². The van der Waals surface area contributed by atoms with Crippen molar-refractivity contribution < 1.29 is 0 Å². The van der Waals surface area contributed by atoms with Gasteiger partial charge in [0.25, 0.3) is 0 Å². The van der Waals surface area contributed by atoms with E-state index in [9.17, 15) is 0 Å². The smallest absolute Gasteiger partial charge is 0.132 e. The highest BCUT2D eigenvalue weighted by atomic mass is 15.1. The molecule has 0 aliphatic rings. The molecule has 0 unspecified atom stereocenters. The maximum Gasteiger partial charge on any atom is 0.132 e. The molecule has 2 N–H and O–H groups in total. The summed E-state index contributed by atoms with van der Waals surface area (Å²) >= 11 is 0. The molecule has 0 spiro atoms. The molecule has 24 heavy (non-hydrogen) atoms. The summed E-state index contributed by atoms with van der Waals surface area (Å²) in [6.45, 7) is 5.11. The first-order valence-corrected chi connectivity index (χ1v) is 8.71. The third kappa shape index (κ3) is 3.21. The molecule has 0 bridgehead atoms. The van der Waals surface area contributed by atoms with Gasteiger partial charge in [0.2, 0.25) is 0 Å². The molecule has 0 aliphatic carbocycles. The van der Waals surface area contributed by atoms with Crippen LogP contribution < -0.4 is 5.73 Å². The Labute approximate surface area is 144 Å². The van der Waals surface area contributed by atoms with Crippen LogP contribution in [0, 0.1) is 0 Å². The molecule has 3 rings (SSSR count). The third-order valence-electron chi connectivity index (χ3n) is 4.40. The average molecular weight is 319 g/mol. The number of aryl methyl sites for hydroxylation is 2. The number of anilines is 1. The lowest BCUT2D eigenvalue weighted by Gasteiger charge is -2.10. The fourth-order valence-electron chi connectivity index (χ4n) is 3.13. The van der Waals surface area contributed by atoms with Gasteiger partial charge in [0.15, 0.2) is 0 Å². The van der Waals surface area contributed by atoms with Crippen LogP contribution in [0.25, 0.3) is 11.3 Å². The second kappa shape index (κ2) is 7.35. The Balaban J connectivity index is 2.07. The van der Waals surface area contributed by atoms with E-state index in [1.165, 1.54) is 11.1 Å². The van der Waals surface area contributed by atoms with Crippen LogP contribution in [-0.2, 0) is 19.4 Å². The van der Waals surface area contributed by atoms with E-state index in [1.54, 1.807) is 0 Å². The molecular weight excluding hydrogens is 294 g/mol. The summed E-state index contributed by atoms with van der Waals surface area (Å²) < 4.78 is 2.17. The number of aromatic nitrogens is 2. The number of nitrogens with zero attached hydrogens (tertiary/aromatic N) is 2. The zero-order valence-electron chi connectivity index (χ0n) is 14.5. The van der Waals surface area contributed by atoms with Crippen molar-refractivity contribution in [2.45, 2.75) is 39.7 Å². The fourth-order valence-corrected chi connectivity index (χ4v) is 3.13. The number of rotatable bonds is 6. The largest absolute Gasteiger partial charge is 0.383 e. The van der Waals surface area contributed by atoms with Crippen LogP contribution in [0.15, 0.2) is 54.6 Å². The van der Waals surface area contributed by atoms with Gasteiger partial charge in [-0.2, -0.15) is 0 Å². The van der Waals surface area contributed by atoms with E-state index < -0.39 is 0 Å². The summed E-state index contributed by atoms with van der Waals surface area (Å²) in [7, 11) is 0. The Morgan fingerprint density at radius 2 is 1.67 bits per heavy atom. The van der Waals surface area contributed by atoms with Crippen LogP contribution in [0.2, 0.25) is 0 Å². The zero-order valence-corrected chi connectivity index (χ0v) is 14.5. The lowest BCUT2D eigenvalue weighted by Crippen LogP contribution is -2.08. The first kappa shape index (κ1) is 16.3. The second-order valence-corrected chi connectivity index (χ2v) is 6.09. The van der Waals surface area contributed by atoms with Crippen molar-refractivity contribution in [3.8, 4) is 11.3 Å². The van der Waals surface area contributed by atoms with Crippen molar-refractivity contribution in [3.05, 3.63) is 71.5 Å². The van der Waals surface area contributed by atoms with Crippen molar-refractivity contribution in [1.29, 1.82) is 0 Å². The molecule has 3 nitrogen and oxygen atoms in total. The van der Waals surface area contributed by atoms with Gasteiger partial charge in [0, 0.05) is 12.0 Å². The van der Waals surface area contributed by atoms with E-state index in [0.29, 0.717) is 0 Å². The molecule has 0 fully saturated rings. The van der Waals surface area contributed by atoms with Gasteiger partial charge in [-0.15, -0.1) is 0 Å². The maximum atomic E-state index is 6.54. The lowest BCUT2D eigenvalue weighted by atomic mass is 10.0. The first-order valence-electron chi connectivity index (χ1n) is 8.71. The topological polar surface area (TPSA) is 43.8 Å². The van der Waals surface area contributed by atoms with Gasteiger partial charge in [-0.3, -0.25) is 0 Å². The number of nitrogens with two attached hydrogens (primary N) is 1. The van der Waals surface area contributed by atoms with Crippen molar-refractivity contribution in [1.82, 2.24) is 9.55 Å². The highest BCUT2D eigenvalue weighted by molar-refractivity contribution is 5.74. The Morgan fingerprint density at radius 1 is 0.958 bits per heavy atom. The number of benzene rings is 2. The molecule has 0 amide bonds. The molecule has 2 aromatic carbocycles. The minimum Gasteiger partial charge on any atom is -0.383 e. The number of hydrogen-bond acceptors (Lipinski definition) is 2. The van der Waals surface area contributed by atoms with Crippen LogP contribution >= 0.6 is 0 Å². The van der Waals surface area contributed by atoms with Crippen LogP contribution in [-0.4, -0.2) is 9.55 Å². The van der Waals surface area contributed by atoms with Crippen LogP contribution in [0.3, 0.4) is 0 Å². The summed E-state index contributed by atoms with van der Waals surface area (Å²) in [6.07, 6.45) is 2.97. The van der Waals surface area contributed by atoms with Crippen molar-refractivity contribution in [2.75, 3.05) is 5.73 Å². The van der Waals surface area contributed by atoms with E-state index in [0.717, 1.165) is 48.7 Å². The number of nitrogen functional groups attached to an aromatic ring is 1. The minimum atomic E-state index is 0.767. The molecule has 1 heterocycles. The van der Waals surface area contributed by atoms with Gasteiger partial charge in [0.05, 0.1) is 6.54 Å². The summed E-state index contributed by atoms with van der Waals surface area (Å²) in [5.41, 5.74) is 11.1. The summed E-state index contributed by atoms with van der Waals surface area (Å²) in [4.78, 5) is 4.91. The molecule has 0 saturated heterocycles. The van der Waals surface area contributed by atoms with Gasteiger partial charge in [-0.05, 0) is 24.0 Å². The van der Waals surface area contributed by atoms with Gasteiger partial charge >= 0.3 is 0 Å². The molecular formula is C21H25N3. The van der Waals surface area contributed by atoms with E-state index >= 15 is 0 Å². The molecule has 124 valence electrons. The predicted molar refractivity (Wildman–Crippen MR) is 101 cm³/mol. The monoisotopic (exact) mass is 319 g/mol. The third-order valence-corrected chi connectivity index (χ3v) is 4.40. The summed E-state index contributed by atoms with van der Waals surface area (Å²) in [5, 5.41) is 0. The molecule has 0 saturated carbocycles. The second-order valence-electron chi connectivity index (χ2n) is 6.09. The zero-order chi connectivity index (χ0) is 16.9. The Bertz CT molecular complexity index is 803. The van der Waals surface area contributed by atoms with Gasteiger partial charge in [0.1, 0.15) is 17.3 Å². The van der Waals surface area contributed by atoms with Crippen LogP contribution in [0.1, 0.15) is 37.2 Å². The highest BCUT2D eigenvalue weighted by Crippen LogP contribution is 2.30. The number of hydrogen-bond donors (Lipinski definition) is 1. The molecule has 3 aromatic rings. The predicted octanol–water partition coefficient (Wildman–Crippen LogP) is 4.70. The SMILES string of the molecule is CCCc1nc(-c2ccccc2CC)c(N)n1Cc1ccccc1. The standard InChI is InChI=1S/C21H25N3/c1-3-10-19-23-20(18-14-9-8-13-17(18)4-2)21(22)24(19)15-16-11-6-5-7-12-16/h5-9,11-14H,3-4,10,15,22H2,1-2H3. The molecule has 3 heteroatoms. The Morgan fingerprint density at radius 3 is 2.38 bits per heavy atom. The average Bonchev–Trinajstić information content (AvgIpc) is 2.92. The van der Waals surface area contributed by atoms with Gasteiger partial charge in [-0.1, -0.05) is 68.4 Å². The minimum absolute atomic E-state index is 0.767. The van der Waals surface area contributed by atoms with Crippen LogP contribution in [0.5, 0.6) is 0 Å². The first-order chi connectivity index (χ1) is 11.7. The molecule has 0 aliphatic heterocycles. The van der Waals surface area contributed by atoms with E-state index in [-0.39, 0.29) is 0 Å². The van der Waals surface area contributed by atoms with Crippen molar-refractivity contribution in [3.63, 3.8) is 0 Å². The normalized spacial score (nSPS) is 10.9. The number of imidazole rings is 1. The lowest BCUT2D eigenvalue weighted by molar-refractivity contribution is 0.712. The molecule has 0 radical (unpaired) electrons. The summed E-state index contributed by atoms with van der Waals surface area (Å²) in [5.74, 6) is 1.84. The maximum absolute atomic E-state index is 6.54. The van der Waals surface area contributed by atoms with Crippen LogP contribution in [0.4, 0.5) is 5.82 Å².